The molecule has 0 spiro atoms. The lowest BCUT2D eigenvalue weighted by Crippen LogP contribution is -2.23. The number of hydrogen-bond acceptors (Lipinski definition) is 5. The van der Waals surface area contributed by atoms with Gasteiger partial charge in [-0.15, -0.1) is 11.3 Å². The number of hydrogen-bond donors (Lipinski definition) is 1. The van der Waals surface area contributed by atoms with Gasteiger partial charge in [-0.05, 0) is 30.3 Å². The fraction of sp³-hybridized carbons (Fsp3) is 0.105. The molecule has 0 saturated carbocycles. The predicted octanol–water partition coefficient (Wildman–Crippen LogP) is 4.30. The van der Waals surface area contributed by atoms with E-state index >= 15 is 0 Å². The zero-order valence-electron chi connectivity index (χ0n) is 14.7. The fourth-order valence-corrected chi connectivity index (χ4v) is 3.51. The number of nitrogens with zero attached hydrogens (tertiary/aromatic N) is 2. The number of carbonyl (C=O) groups is 2. The lowest BCUT2D eigenvalue weighted by molar-refractivity contribution is -0.115. The lowest BCUT2D eigenvalue weighted by atomic mass is 10.2. The molecule has 1 aromatic heterocycles. The standard InChI is InChI=1S/C19H15ClFN3O3S/c1-11(25)24(16-5-3-2-4-15(16)21)19-23-13(10-28-19)9-27-17-7-6-12(20)8-14(17)18(22)26/h2-8,10H,9H2,1H3,(H2,22,26). The molecule has 3 aromatic rings. The monoisotopic (exact) mass is 419 g/mol. The number of nitrogens with two attached hydrogens (primary N) is 1. The number of amides is 2. The summed E-state index contributed by atoms with van der Waals surface area (Å²) in [5, 5.41) is 2.35. The molecule has 9 heteroatoms. The lowest BCUT2D eigenvalue weighted by Gasteiger charge is -2.18. The van der Waals surface area contributed by atoms with Gasteiger partial charge < -0.3 is 10.5 Å². The minimum Gasteiger partial charge on any atom is -0.486 e. The summed E-state index contributed by atoms with van der Waals surface area (Å²) in [6.45, 7) is 1.36. The Morgan fingerprint density at radius 2 is 2.04 bits per heavy atom. The molecule has 2 N–H and O–H groups in total. The Hall–Kier alpha value is -2.97. The van der Waals surface area contributed by atoms with E-state index in [1.54, 1.807) is 23.6 Å². The molecule has 0 aliphatic heterocycles. The van der Waals surface area contributed by atoms with E-state index in [9.17, 15) is 14.0 Å². The van der Waals surface area contributed by atoms with Gasteiger partial charge in [-0.3, -0.25) is 14.5 Å². The summed E-state index contributed by atoms with van der Waals surface area (Å²) in [4.78, 5) is 29.1. The Kier molecular flexibility index (Phi) is 5.91. The highest BCUT2D eigenvalue weighted by molar-refractivity contribution is 7.14. The van der Waals surface area contributed by atoms with Crippen molar-refractivity contribution in [3.8, 4) is 5.75 Å². The average molecular weight is 420 g/mol. The number of halogens is 2. The van der Waals surface area contributed by atoms with Gasteiger partial charge in [-0.25, -0.2) is 9.37 Å². The maximum Gasteiger partial charge on any atom is 0.252 e. The van der Waals surface area contributed by atoms with Crippen LogP contribution in [0.5, 0.6) is 5.75 Å². The summed E-state index contributed by atoms with van der Waals surface area (Å²) in [5.41, 5.74) is 6.11. The van der Waals surface area contributed by atoms with Crippen molar-refractivity contribution in [3.63, 3.8) is 0 Å². The summed E-state index contributed by atoms with van der Waals surface area (Å²) in [5.74, 6) is -1.30. The number of anilines is 2. The zero-order valence-corrected chi connectivity index (χ0v) is 16.3. The summed E-state index contributed by atoms with van der Waals surface area (Å²) >= 11 is 7.05. The Morgan fingerprint density at radius 1 is 1.29 bits per heavy atom. The van der Waals surface area contributed by atoms with Crippen LogP contribution in [0, 0.1) is 5.82 Å². The first-order chi connectivity index (χ1) is 13.4. The van der Waals surface area contributed by atoms with Crippen LogP contribution >= 0.6 is 22.9 Å². The van der Waals surface area contributed by atoms with Crippen molar-refractivity contribution in [2.45, 2.75) is 13.5 Å². The smallest absolute Gasteiger partial charge is 0.252 e. The molecule has 0 atom stereocenters. The van der Waals surface area contributed by atoms with Crippen molar-refractivity contribution in [1.29, 1.82) is 0 Å². The van der Waals surface area contributed by atoms with Crippen molar-refractivity contribution < 1.29 is 18.7 Å². The van der Waals surface area contributed by atoms with Gasteiger partial charge in [0.1, 0.15) is 18.2 Å². The molecule has 0 unspecified atom stereocenters. The summed E-state index contributed by atoms with van der Waals surface area (Å²) < 4.78 is 19.7. The van der Waals surface area contributed by atoms with Crippen LogP contribution in [0.4, 0.5) is 15.2 Å². The molecule has 1 heterocycles. The number of primary amides is 1. The van der Waals surface area contributed by atoms with E-state index in [0.29, 0.717) is 15.8 Å². The SMILES string of the molecule is CC(=O)N(c1nc(COc2ccc(Cl)cc2C(N)=O)cs1)c1ccccc1F. The molecule has 0 aliphatic rings. The molecule has 3 rings (SSSR count). The molecule has 2 amide bonds. The highest BCUT2D eigenvalue weighted by Crippen LogP contribution is 2.31. The van der Waals surface area contributed by atoms with Crippen LogP contribution in [0.1, 0.15) is 23.0 Å². The van der Waals surface area contributed by atoms with Gasteiger partial charge in [-0.1, -0.05) is 23.7 Å². The van der Waals surface area contributed by atoms with Crippen LogP contribution in [-0.4, -0.2) is 16.8 Å². The number of rotatable bonds is 6. The van der Waals surface area contributed by atoms with Crippen LogP contribution in [0.3, 0.4) is 0 Å². The fourth-order valence-electron chi connectivity index (χ4n) is 2.48. The van der Waals surface area contributed by atoms with E-state index in [2.05, 4.69) is 4.98 Å². The molecular weight excluding hydrogens is 405 g/mol. The van der Waals surface area contributed by atoms with E-state index in [1.165, 1.54) is 47.4 Å². The maximum absolute atomic E-state index is 14.1. The minimum absolute atomic E-state index is 0.0292. The molecular formula is C19H15ClFN3O3S. The number of benzene rings is 2. The van der Waals surface area contributed by atoms with Crippen molar-refractivity contribution in [3.05, 3.63) is 69.9 Å². The summed E-state index contributed by atoms with van der Waals surface area (Å²) in [6, 6.07) is 10.5. The van der Waals surface area contributed by atoms with Crippen molar-refractivity contribution in [2.75, 3.05) is 4.90 Å². The third-order valence-electron chi connectivity index (χ3n) is 3.72. The van der Waals surface area contributed by atoms with E-state index in [1.807, 2.05) is 0 Å². The third kappa shape index (κ3) is 4.29. The van der Waals surface area contributed by atoms with E-state index in [4.69, 9.17) is 22.1 Å². The van der Waals surface area contributed by atoms with Gasteiger partial charge in [-0.2, -0.15) is 0 Å². The largest absolute Gasteiger partial charge is 0.486 e. The molecule has 0 fully saturated rings. The van der Waals surface area contributed by atoms with Crippen molar-refractivity contribution in [1.82, 2.24) is 4.98 Å². The van der Waals surface area contributed by atoms with Crippen molar-refractivity contribution in [2.24, 2.45) is 5.73 Å². The zero-order chi connectivity index (χ0) is 20.3. The van der Waals surface area contributed by atoms with Crippen LogP contribution in [0.15, 0.2) is 47.8 Å². The predicted molar refractivity (Wildman–Crippen MR) is 106 cm³/mol. The average Bonchev–Trinajstić information content (AvgIpc) is 3.10. The van der Waals surface area contributed by atoms with Gasteiger partial charge in [0.15, 0.2) is 5.13 Å². The number of ether oxygens (including phenoxy) is 1. The molecule has 0 radical (unpaired) electrons. The maximum atomic E-state index is 14.1. The van der Waals surface area contributed by atoms with Crippen molar-refractivity contribution >= 4 is 45.6 Å². The van der Waals surface area contributed by atoms with Gasteiger partial charge >= 0.3 is 0 Å². The second kappa shape index (κ2) is 8.37. The summed E-state index contributed by atoms with van der Waals surface area (Å²) in [6.07, 6.45) is 0. The second-order valence-corrected chi connectivity index (χ2v) is 6.99. The molecule has 2 aromatic carbocycles. The normalized spacial score (nSPS) is 10.5. The third-order valence-corrected chi connectivity index (χ3v) is 4.83. The Balaban J connectivity index is 1.82. The number of para-hydroxylation sites is 1. The molecule has 6 nitrogen and oxygen atoms in total. The highest BCUT2D eigenvalue weighted by Gasteiger charge is 2.21. The molecule has 0 aliphatic carbocycles. The van der Waals surface area contributed by atoms with Crippen LogP contribution in [0.2, 0.25) is 5.02 Å². The van der Waals surface area contributed by atoms with E-state index in [0.717, 1.165) is 0 Å². The molecule has 144 valence electrons. The first-order valence-electron chi connectivity index (χ1n) is 8.08. The van der Waals surface area contributed by atoms with E-state index < -0.39 is 11.7 Å². The topological polar surface area (TPSA) is 85.5 Å². The van der Waals surface area contributed by atoms with E-state index in [-0.39, 0.29) is 29.5 Å². The first kappa shape index (κ1) is 19.8. The highest BCUT2D eigenvalue weighted by atomic mass is 35.5. The van der Waals surface area contributed by atoms with Gasteiger partial charge in [0.05, 0.1) is 16.9 Å². The Bertz CT molecular complexity index is 1040. The minimum atomic E-state index is -0.668. The Morgan fingerprint density at radius 3 is 2.71 bits per heavy atom. The van der Waals surface area contributed by atoms with Gasteiger partial charge in [0, 0.05) is 17.3 Å². The second-order valence-electron chi connectivity index (χ2n) is 5.72. The quantitative estimate of drug-likeness (QED) is 0.645. The van der Waals surface area contributed by atoms with Gasteiger partial charge in [0.25, 0.3) is 5.91 Å². The van der Waals surface area contributed by atoms with Crippen LogP contribution < -0.4 is 15.4 Å². The number of carbonyl (C=O) groups excluding carboxylic acids is 2. The number of thiazole rings is 1. The van der Waals surface area contributed by atoms with Crippen LogP contribution in [-0.2, 0) is 11.4 Å². The van der Waals surface area contributed by atoms with Crippen LogP contribution in [0.25, 0.3) is 0 Å². The van der Waals surface area contributed by atoms with Gasteiger partial charge in [0.2, 0.25) is 5.91 Å². The first-order valence-corrected chi connectivity index (χ1v) is 9.34. The molecule has 28 heavy (non-hydrogen) atoms. The molecule has 0 saturated heterocycles. The Labute approximate surface area is 169 Å². The summed E-state index contributed by atoms with van der Waals surface area (Å²) in [7, 11) is 0. The number of aromatic nitrogens is 1. The molecule has 0 bridgehead atoms.